The molecular formula is C12H22O10. The van der Waals surface area contributed by atoms with E-state index in [4.69, 9.17) is 14.6 Å². The molecule has 1 saturated heterocycles. The van der Waals surface area contributed by atoms with Gasteiger partial charge in [-0.15, -0.1) is 0 Å². The first-order chi connectivity index (χ1) is 10.1. The van der Waals surface area contributed by atoms with Crippen LogP contribution in [0.15, 0.2) is 0 Å². The Hall–Kier alpha value is -0.850. The van der Waals surface area contributed by atoms with Crippen LogP contribution in [0.3, 0.4) is 0 Å². The van der Waals surface area contributed by atoms with Crippen LogP contribution < -0.4 is 0 Å². The summed E-state index contributed by atoms with van der Waals surface area (Å²) in [6, 6.07) is 0. The summed E-state index contributed by atoms with van der Waals surface area (Å²) in [6.07, 6.45) is -14.4. The molecule has 0 radical (unpaired) electrons. The van der Waals surface area contributed by atoms with Gasteiger partial charge in [0, 0.05) is 0 Å². The van der Waals surface area contributed by atoms with Gasteiger partial charge in [-0.25, -0.2) is 4.79 Å². The van der Waals surface area contributed by atoms with E-state index in [1.807, 2.05) is 0 Å². The summed E-state index contributed by atoms with van der Waals surface area (Å²) in [5.74, 6) is -1.73. The molecule has 7 N–H and O–H groups in total. The Balaban J connectivity index is 2.84. The second-order valence-electron chi connectivity index (χ2n) is 5.30. The van der Waals surface area contributed by atoms with E-state index in [0.29, 0.717) is 0 Å². The van der Waals surface area contributed by atoms with Crippen molar-refractivity contribution in [2.24, 2.45) is 0 Å². The molecule has 1 rings (SSSR count). The maximum Gasteiger partial charge on any atom is 0.335 e. The van der Waals surface area contributed by atoms with Gasteiger partial charge in [0.1, 0.15) is 30.5 Å². The van der Waals surface area contributed by atoms with Crippen molar-refractivity contribution in [2.45, 2.75) is 69.0 Å². The number of carboxylic acids is 1. The summed E-state index contributed by atoms with van der Waals surface area (Å²) in [5, 5.41) is 66.3. The first-order valence-corrected chi connectivity index (χ1v) is 6.70. The Morgan fingerprint density at radius 1 is 1.09 bits per heavy atom. The van der Waals surface area contributed by atoms with E-state index in [-0.39, 0.29) is 0 Å². The van der Waals surface area contributed by atoms with Crippen LogP contribution in [0.1, 0.15) is 13.8 Å². The van der Waals surface area contributed by atoms with Crippen LogP contribution in [0, 0.1) is 0 Å². The molecular weight excluding hydrogens is 304 g/mol. The average molecular weight is 326 g/mol. The average Bonchev–Trinajstić information content (AvgIpc) is 2.45. The molecule has 1 aliphatic rings. The zero-order valence-electron chi connectivity index (χ0n) is 12.1. The molecule has 0 aromatic carbocycles. The number of carbonyl (C=O) groups is 1. The summed E-state index contributed by atoms with van der Waals surface area (Å²) in [4.78, 5) is 10.7. The Labute approximate surface area is 126 Å². The van der Waals surface area contributed by atoms with Crippen LogP contribution in [-0.2, 0) is 14.3 Å². The van der Waals surface area contributed by atoms with Gasteiger partial charge in [-0.3, -0.25) is 0 Å². The van der Waals surface area contributed by atoms with Crippen molar-refractivity contribution >= 4 is 5.97 Å². The van der Waals surface area contributed by atoms with Gasteiger partial charge in [-0.05, 0) is 13.8 Å². The van der Waals surface area contributed by atoms with E-state index in [1.54, 1.807) is 0 Å². The predicted octanol–water partition coefficient (Wildman–Crippen LogP) is -3.61. The number of rotatable bonds is 6. The monoisotopic (exact) mass is 326 g/mol. The lowest BCUT2D eigenvalue weighted by molar-refractivity contribution is -0.319. The molecule has 1 heterocycles. The number of aliphatic hydroxyl groups is 6. The topological polar surface area (TPSA) is 177 Å². The van der Waals surface area contributed by atoms with E-state index in [2.05, 4.69) is 0 Å². The molecule has 9 atom stereocenters. The lowest BCUT2D eigenvalue weighted by Gasteiger charge is -2.41. The molecule has 1 aliphatic heterocycles. The Morgan fingerprint density at radius 2 is 1.64 bits per heavy atom. The Morgan fingerprint density at radius 3 is 2.09 bits per heavy atom. The van der Waals surface area contributed by atoms with Gasteiger partial charge in [0.25, 0.3) is 0 Å². The normalized spacial score (nSPS) is 38.1. The fourth-order valence-electron chi connectivity index (χ4n) is 2.09. The fourth-order valence-corrected chi connectivity index (χ4v) is 2.09. The van der Waals surface area contributed by atoms with E-state index in [0.717, 1.165) is 0 Å². The van der Waals surface area contributed by atoms with Crippen LogP contribution in [-0.4, -0.2) is 96.8 Å². The van der Waals surface area contributed by atoms with Crippen LogP contribution in [0.25, 0.3) is 0 Å². The molecule has 10 nitrogen and oxygen atoms in total. The second-order valence-corrected chi connectivity index (χ2v) is 5.30. The van der Waals surface area contributed by atoms with E-state index in [9.17, 15) is 35.4 Å². The molecule has 9 unspecified atom stereocenters. The smallest absolute Gasteiger partial charge is 0.335 e. The van der Waals surface area contributed by atoms with Crippen molar-refractivity contribution in [2.75, 3.05) is 0 Å². The third-order valence-corrected chi connectivity index (χ3v) is 3.49. The largest absolute Gasteiger partial charge is 0.479 e. The fraction of sp³-hybridized carbons (Fsp3) is 0.917. The third kappa shape index (κ3) is 4.12. The van der Waals surface area contributed by atoms with Crippen molar-refractivity contribution in [1.82, 2.24) is 0 Å². The minimum atomic E-state index is -2.23. The molecule has 1 fully saturated rings. The number of aliphatic hydroxyl groups excluding tert-OH is 6. The number of aliphatic carboxylic acids is 1. The molecule has 0 saturated carbocycles. The second kappa shape index (κ2) is 7.62. The molecule has 0 aliphatic carbocycles. The van der Waals surface area contributed by atoms with Crippen molar-refractivity contribution < 1.29 is 50.0 Å². The van der Waals surface area contributed by atoms with Gasteiger partial charge in [0.2, 0.25) is 0 Å². The molecule has 0 spiro atoms. The summed E-state index contributed by atoms with van der Waals surface area (Å²) < 4.78 is 10.2. The van der Waals surface area contributed by atoms with E-state index < -0.39 is 61.1 Å². The summed E-state index contributed by atoms with van der Waals surface area (Å²) in [7, 11) is 0. The quantitative estimate of drug-likeness (QED) is 0.258. The molecule has 0 bridgehead atoms. The van der Waals surface area contributed by atoms with Gasteiger partial charge in [-0.2, -0.15) is 0 Å². The molecule has 0 aromatic heterocycles. The lowest BCUT2D eigenvalue weighted by atomic mass is 9.99. The summed E-state index contributed by atoms with van der Waals surface area (Å²) >= 11 is 0. The van der Waals surface area contributed by atoms with Crippen molar-refractivity contribution in [3.05, 3.63) is 0 Å². The maximum absolute atomic E-state index is 10.7. The van der Waals surface area contributed by atoms with Gasteiger partial charge < -0.3 is 45.2 Å². The van der Waals surface area contributed by atoms with Gasteiger partial charge in [-0.1, -0.05) is 0 Å². The third-order valence-electron chi connectivity index (χ3n) is 3.49. The van der Waals surface area contributed by atoms with E-state index >= 15 is 0 Å². The first-order valence-electron chi connectivity index (χ1n) is 6.70. The first kappa shape index (κ1) is 19.2. The highest BCUT2D eigenvalue weighted by Gasteiger charge is 2.45. The van der Waals surface area contributed by atoms with Gasteiger partial charge >= 0.3 is 5.97 Å². The minimum absolute atomic E-state index is 0.917. The molecule has 10 heteroatoms. The molecule has 130 valence electrons. The van der Waals surface area contributed by atoms with Crippen LogP contribution in [0.5, 0.6) is 0 Å². The molecule has 0 amide bonds. The maximum atomic E-state index is 10.7. The highest BCUT2D eigenvalue weighted by atomic mass is 16.7. The SMILES string of the molecule is CC(O)C(OC1OC(C)C(O)C(O)C1O)C(O)C(O)C(=O)O. The van der Waals surface area contributed by atoms with Gasteiger partial charge in [0.05, 0.1) is 12.2 Å². The number of ether oxygens (including phenoxy) is 2. The number of carboxylic acid groups (broad SMARTS) is 1. The van der Waals surface area contributed by atoms with Crippen molar-refractivity contribution in [1.29, 1.82) is 0 Å². The summed E-state index contributed by atoms with van der Waals surface area (Å²) in [5.41, 5.74) is 0. The highest BCUT2D eigenvalue weighted by Crippen LogP contribution is 2.24. The Bertz CT molecular complexity index is 375. The van der Waals surface area contributed by atoms with E-state index in [1.165, 1.54) is 13.8 Å². The number of hydrogen-bond acceptors (Lipinski definition) is 9. The highest BCUT2D eigenvalue weighted by molar-refractivity contribution is 5.72. The standard InChI is InChI=1S/C12H22O10/c1-3(13)10(7(16)8(17)11(19)20)22-12-9(18)6(15)5(14)4(2)21-12/h3-10,12-18H,1-2H3,(H,19,20). The van der Waals surface area contributed by atoms with Crippen LogP contribution in [0.4, 0.5) is 0 Å². The van der Waals surface area contributed by atoms with Crippen molar-refractivity contribution in [3.63, 3.8) is 0 Å². The van der Waals surface area contributed by atoms with Gasteiger partial charge in [0.15, 0.2) is 12.4 Å². The number of hydrogen-bond donors (Lipinski definition) is 7. The minimum Gasteiger partial charge on any atom is -0.479 e. The van der Waals surface area contributed by atoms with Crippen LogP contribution in [0.2, 0.25) is 0 Å². The zero-order chi connectivity index (χ0) is 17.2. The molecule has 0 aromatic rings. The summed E-state index contributed by atoms with van der Waals surface area (Å²) in [6.45, 7) is 2.57. The van der Waals surface area contributed by atoms with Crippen molar-refractivity contribution in [3.8, 4) is 0 Å². The van der Waals surface area contributed by atoms with Crippen LogP contribution >= 0.6 is 0 Å². The molecule has 22 heavy (non-hydrogen) atoms. The predicted molar refractivity (Wildman–Crippen MR) is 68.6 cm³/mol. The zero-order valence-corrected chi connectivity index (χ0v) is 12.1. The lowest BCUT2D eigenvalue weighted by Crippen LogP contribution is -2.60. The Kier molecular flexibility index (Phi) is 6.65.